The van der Waals surface area contributed by atoms with Gasteiger partial charge in [0.1, 0.15) is 17.4 Å². The van der Waals surface area contributed by atoms with E-state index in [4.69, 9.17) is 4.42 Å². The molecule has 0 unspecified atom stereocenters. The van der Waals surface area contributed by atoms with Crippen LogP contribution < -0.4 is 15.8 Å². The normalized spacial score (nSPS) is 15.6. The number of carbonyl (C=O) groups is 1. The number of rotatable bonds is 7. The lowest BCUT2D eigenvalue weighted by molar-refractivity contribution is -0.124. The quantitative estimate of drug-likeness (QED) is 0.429. The van der Waals surface area contributed by atoms with Crippen LogP contribution in [0.2, 0.25) is 0 Å². The van der Waals surface area contributed by atoms with Gasteiger partial charge in [0, 0.05) is 63.5 Å². The van der Waals surface area contributed by atoms with Crippen molar-refractivity contribution in [3.8, 4) is 0 Å². The molecule has 1 amide bonds. The SMILES string of the molecule is CCc1nn([C@H](C)C(=O)NCCN2CCN(c3cccc(C)c3C)CC2)c(=O)c2cc3occc3n12. The molecule has 9 heteroatoms. The highest BCUT2D eigenvalue weighted by Gasteiger charge is 2.23. The van der Waals surface area contributed by atoms with Crippen LogP contribution in [-0.2, 0) is 11.2 Å². The van der Waals surface area contributed by atoms with Crippen molar-refractivity contribution < 1.29 is 9.21 Å². The highest BCUT2D eigenvalue weighted by Crippen LogP contribution is 2.24. The largest absolute Gasteiger partial charge is 0.463 e. The van der Waals surface area contributed by atoms with Crippen LogP contribution in [0.4, 0.5) is 5.69 Å². The van der Waals surface area contributed by atoms with Crippen LogP contribution in [0.15, 0.2) is 45.8 Å². The molecule has 1 atom stereocenters. The minimum Gasteiger partial charge on any atom is -0.463 e. The molecule has 4 aromatic rings. The molecule has 1 aromatic carbocycles. The van der Waals surface area contributed by atoms with Gasteiger partial charge in [-0.1, -0.05) is 19.1 Å². The fourth-order valence-electron chi connectivity index (χ4n) is 5.07. The van der Waals surface area contributed by atoms with E-state index in [1.165, 1.54) is 21.5 Å². The molecule has 3 aromatic heterocycles. The molecule has 1 N–H and O–H groups in total. The Labute approximate surface area is 210 Å². The van der Waals surface area contributed by atoms with Crippen LogP contribution in [0.3, 0.4) is 0 Å². The zero-order chi connectivity index (χ0) is 25.4. The summed E-state index contributed by atoms with van der Waals surface area (Å²) in [6.07, 6.45) is 2.22. The van der Waals surface area contributed by atoms with Gasteiger partial charge in [0.15, 0.2) is 5.58 Å². The van der Waals surface area contributed by atoms with Crippen LogP contribution in [0.5, 0.6) is 0 Å². The molecule has 0 saturated carbocycles. The number of nitrogens with zero attached hydrogens (tertiary/aromatic N) is 5. The Morgan fingerprint density at radius 2 is 1.92 bits per heavy atom. The maximum Gasteiger partial charge on any atom is 0.291 e. The van der Waals surface area contributed by atoms with Gasteiger partial charge in [-0.15, -0.1) is 0 Å². The molecule has 4 heterocycles. The first kappa shape index (κ1) is 24.1. The smallest absolute Gasteiger partial charge is 0.291 e. The molecule has 5 rings (SSSR count). The molecule has 36 heavy (non-hydrogen) atoms. The van der Waals surface area contributed by atoms with E-state index in [0.29, 0.717) is 29.9 Å². The lowest BCUT2D eigenvalue weighted by atomic mass is 10.1. The van der Waals surface area contributed by atoms with E-state index in [0.717, 1.165) is 38.2 Å². The van der Waals surface area contributed by atoms with Crippen LogP contribution >= 0.6 is 0 Å². The Bertz CT molecular complexity index is 1460. The second kappa shape index (κ2) is 9.81. The molecule has 0 aliphatic carbocycles. The summed E-state index contributed by atoms with van der Waals surface area (Å²) in [7, 11) is 0. The highest BCUT2D eigenvalue weighted by molar-refractivity contribution is 5.83. The van der Waals surface area contributed by atoms with Crippen molar-refractivity contribution in [1.82, 2.24) is 24.4 Å². The Morgan fingerprint density at radius 1 is 1.14 bits per heavy atom. The zero-order valence-electron chi connectivity index (χ0n) is 21.5. The average molecular weight is 491 g/mol. The molecular formula is C27H34N6O3. The number of fused-ring (bicyclic) bond motifs is 3. The second-order valence-corrected chi connectivity index (χ2v) is 9.57. The summed E-state index contributed by atoms with van der Waals surface area (Å²) in [5.74, 6) is 0.502. The van der Waals surface area contributed by atoms with Crippen molar-refractivity contribution in [3.05, 3.63) is 63.9 Å². The summed E-state index contributed by atoms with van der Waals surface area (Å²) >= 11 is 0. The van der Waals surface area contributed by atoms with Crippen LogP contribution in [0.25, 0.3) is 16.6 Å². The number of amides is 1. The summed E-state index contributed by atoms with van der Waals surface area (Å²) in [6.45, 7) is 13.2. The van der Waals surface area contributed by atoms with E-state index in [2.05, 4.69) is 52.3 Å². The fourth-order valence-corrected chi connectivity index (χ4v) is 5.07. The van der Waals surface area contributed by atoms with E-state index < -0.39 is 6.04 Å². The number of furan rings is 1. The fraction of sp³-hybridized carbons (Fsp3) is 0.444. The van der Waals surface area contributed by atoms with E-state index in [1.807, 2.05) is 17.4 Å². The highest BCUT2D eigenvalue weighted by atomic mass is 16.3. The molecule has 9 nitrogen and oxygen atoms in total. The Kier molecular flexibility index (Phi) is 6.57. The number of piperazine rings is 1. The maximum absolute atomic E-state index is 13.2. The zero-order valence-corrected chi connectivity index (χ0v) is 21.5. The average Bonchev–Trinajstić information content (AvgIpc) is 3.48. The standard InChI is InChI=1S/C27H34N6O3/c1-5-25-29-33(27(35)23-17-24-22(32(23)25)9-16-36-24)20(4)26(34)28-10-11-30-12-14-31(15-13-30)21-8-6-7-18(2)19(21)3/h6-9,16-17,20H,5,10-15H2,1-4H3,(H,28,34)/t20-/m1/s1. The third-order valence-corrected chi connectivity index (χ3v) is 7.41. The van der Waals surface area contributed by atoms with E-state index >= 15 is 0 Å². The van der Waals surface area contributed by atoms with Crippen molar-refractivity contribution >= 4 is 28.2 Å². The maximum atomic E-state index is 13.2. The lowest BCUT2D eigenvalue weighted by Crippen LogP contribution is -2.49. The lowest BCUT2D eigenvalue weighted by Gasteiger charge is -2.37. The van der Waals surface area contributed by atoms with Crippen LogP contribution in [0, 0.1) is 13.8 Å². The van der Waals surface area contributed by atoms with Crippen molar-refractivity contribution in [3.63, 3.8) is 0 Å². The van der Waals surface area contributed by atoms with Crippen molar-refractivity contribution in [2.24, 2.45) is 0 Å². The van der Waals surface area contributed by atoms with Crippen LogP contribution in [0.1, 0.15) is 36.8 Å². The van der Waals surface area contributed by atoms with Gasteiger partial charge in [-0.2, -0.15) is 5.10 Å². The van der Waals surface area contributed by atoms with Crippen LogP contribution in [-0.4, -0.2) is 64.3 Å². The summed E-state index contributed by atoms with van der Waals surface area (Å²) < 4.78 is 8.59. The van der Waals surface area contributed by atoms with Gasteiger partial charge in [0.25, 0.3) is 5.56 Å². The summed E-state index contributed by atoms with van der Waals surface area (Å²) in [5, 5.41) is 7.54. The first-order valence-corrected chi connectivity index (χ1v) is 12.7. The molecular weight excluding hydrogens is 456 g/mol. The van der Waals surface area contributed by atoms with Crippen molar-refractivity contribution in [2.45, 2.75) is 40.2 Å². The van der Waals surface area contributed by atoms with E-state index in [-0.39, 0.29) is 11.5 Å². The van der Waals surface area contributed by atoms with E-state index in [9.17, 15) is 9.59 Å². The number of anilines is 1. The summed E-state index contributed by atoms with van der Waals surface area (Å²) in [6, 6.07) is 9.30. The van der Waals surface area contributed by atoms with Gasteiger partial charge >= 0.3 is 0 Å². The number of hydrogen-bond donors (Lipinski definition) is 1. The summed E-state index contributed by atoms with van der Waals surface area (Å²) in [5.41, 5.74) is 5.59. The number of nitrogens with one attached hydrogen (secondary N) is 1. The molecule has 1 fully saturated rings. The number of aryl methyl sites for hydroxylation is 2. The van der Waals surface area contributed by atoms with Crippen molar-refractivity contribution in [2.75, 3.05) is 44.2 Å². The number of aromatic nitrogens is 3. The predicted molar refractivity (Wildman–Crippen MR) is 141 cm³/mol. The monoisotopic (exact) mass is 490 g/mol. The topological polar surface area (TPSA) is 88.0 Å². The third-order valence-electron chi connectivity index (χ3n) is 7.41. The van der Waals surface area contributed by atoms with Gasteiger partial charge in [0.2, 0.25) is 5.91 Å². The van der Waals surface area contributed by atoms with Crippen molar-refractivity contribution in [1.29, 1.82) is 0 Å². The molecule has 0 radical (unpaired) electrons. The molecule has 1 aliphatic rings. The Hall–Kier alpha value is -3.59. The Balaban J connectivity index is 1.19. The molecule has 0 bridgehead atoms. The minimum atomic E-state index is -0.713. The first-order chi connectivity index (χ1) is 17.4. The predicted octanol–water partition coefficient (Wildman–Crippen LogP) is 2.92. The van der Waals surface area contributed by atoms with E-state index in [1.54, 1.807) is 19.3 Å². The number of hydrogen-bond acceptors (Lipinski definition) is 6. The minimum absolute atomic E-state index is 0.208. The van der Waals surface area contributed by atoms with Gasteiger partial charge < -0.3 is 14.6 Å². The van der Waals surface area contributed by atoms with Gasteiger partial charge in [0.05, 0.1) is 11.8 Å². The molecule has 0 spiro atoms. The molecule has 1 aliphatic heterocycles. The second-order valence-electron chi connectivity index (χ2n) is 9.57. The number of benzene rings is 1. The van der Waals surface area contributed by atoms with Gasteiger partial charge in [-0.3, -0.25) is 18.9 Å². The third kappa shape index (κ3) is 4.28. The number of carbonyl (C=O) groups excluding carboxylic acids is 1. The molecule has 190 valence electrons. The first-order valence-electron chi connectivity index (χ1n) is 12.7. The Morgan fingerprint density at radius 3 is 2.67 bits per heavy atom. The molecule has 1 saturated heterocycles. The van der Waals surface area contributed by atoms with Gasteiger partial charge in [-0.05, 0) is 38.0 Å². The summed E-state index contributed by atoms with van der Waals surface area (Å²) in [4.78, 5) is 30.9. The van der Waals surface area contributed by atoms with Gasteiger partial charge in [-0.25, -0.2) is 4.68 Å².